The first-order valence-electron chi connectivity index (χ1n) is 6.32. The molecule has 1 N–H and O–H groups in total. The maximum atomic E-state index is 12.5. The molecule has 0 radical (unpaired) electrons. The van der Waals surface area contributed by atoms with Gasteiger partial charge in [0.1, 0.15) is 6.04 Å². The molecule has 0 aromatic heterocycles. The zero-order chi connectivity index (χ0) is 11.7. The molecule has 92 valence electrons. The highest BCUT2D eigenvalue weighted by molar-refractivity contribution is 5.83. The first-order chi connectivity index (χ1) is 7.65. The zero-order valence-electron chi connectivity index (χ0n) is 10.6. The van der Waals surface area contributed by atoms with Crippen LogP contribution in [0.15, 0.2) is 0 Å². The summed E-state index contributed by atoms with van der Waals surface area (Å²) in [7, 11) is 3.97. The van der Waals surface area contributed by atoms with Gasteiger partial charge in [0.25, 0.3) is 0 Å². The maximum Gasteiger partial charge on any atom is 0.241 e. The average molecular weight is 225 g/mol. The Labute approximate surface area is 98.0 Å². The topological polar surface area (TPSA) is 35.6 Å². The van der Waals surface area contributed by atoms with E-state index in [1.807, 2.05) is 7.05 Å². The van der Waals surface area contributed by atoms with E-state index in [9.17, 15) is 4.79 Å². The van der Waals surface area contributed by atoms with Gasteiger partial charge in [0.2, 0.25) is 5.91 Å². The summed E-state index contributed by atoms with van der Waals surface area (Å²) in [6.07, 6.45) is 3.50. The Kier molecular flexibility index (Phi) is 3.50. The van der Waals surface area contributed by atoms with Gasteiger partial charge in [0.15, 0.2) is 0 Å². The fourth-order valence-electron chi connectivity index (χ4n) is 2.59. The molecule has 2 fully saturated rings. The third kappa shape index (κ3) is 2.23. The molecule has 1 saturated carbocycles. The minimum Gasteiger partial charge on any atom is -0.336 e. The summed E-state index contributed by atoms with van der Waals surface area (Å²) in [5.74, 6) is 0.323. The lowest BCUT2D eigenvalue weighted by atomic mass is 10.2. The molecule has 2 atom stereocenters. The number of amides is 1. The van der Waals surface area contributed by atoms with Gasteiger partial charge < -0.3 is 10.2 Å². The molecule has 1 aliphatic heterocycles. The van der Waals surface area contributed by atoms with Crippen molar-refractivity contribution in [2.45, 2.75) is 44.3 Å². The highest BCUT2D eigenvalue weighted by atomic mass is 16.2. The minimum absolute atomic E-state index is 0.0237. The van der Waals surface area contributed by atoms with Crippen LogP contribution in [0, 0.1) is 0 Å². The SMILES string of the molecule is CNCC1C(=O)N(C2CC2)C(C)CCN1C. The smallest absolute Gasteiger partial charge is 0.241 e. The van der Waals surface area contributed by atoms with E-state index in [-0.39, 0.29) is 6.04 Å². The summed E-state index contributed by atoms with van der Waals surface area (Å²) in [5.41, 5.74) is 0. The van der Waals surface area contributed by atoms with E-state index >= 15 is 0 Å². The van der Waals surface area contributed by atoms with Crippen molar-refractivity contribution in [1.82, 2.24) is 15.1 Å². The van der Waals surface area contributed by atoms with Gasteiger partial charge in [0, 0.05) is 25.2 Å². The van der Waals surface area contributed by atoms with Crippen molar-refractivity contribution >= 4 is 5.91 Å². The number of nitrogens with one attached hydrogen (secondary N) is 1. The summed E-state index contributed by atoms with van der Waals surface area (Å²) in [4.78, 5) is 16.8. The maximum absolute atomic E-state index is 12.5. The van der Waals surface area contributed by atoms with Crippen molar-refractivity contribution < 1.29 is 4.79 Å². The van der Waals surface area contributed by atoms with Crippen LogP contribution in [-0.4, -0.2) is 61.0 Å². The van der Waals surface area contributed by atoms with Crippen molar-refractivity contribution in [1.29, 1.82) is 0 Å². The average Bonchev–Trinajstić information content (AvgIpc) is 3.06. The number of hydrogen-bond acceptors (Lipinski definition) is 3. The molecule has 0 aromatic rings. The minimum atomic E-state index is 0.0237. The predicted molar refractivity (Wildman–Crippen MR) is 64.3 cm³/mol. The van der Waals surface area contributed by atoms with Crippen molar-refractivity contribution in [2.24, 2.45) is 0 Å². The van der Waals surface area contributed by atoms with Gasteiger partial charge in [-0.15, -0.1) is 0 Å². The van der Waals surface area contributed by atoms with Gasteiger partial charge in [-0.3, -0.25) is 9.69 Å². The van der Waals surface area contributed by atoms with Gasteiger partial charge in [-0.25, -0.2) is 0 Å². The van der Waals surface area contributed by atoms with Gasteiger partial charge in [-0.2, -0.15) is 0 Å². The molecule has 0 aromatic carbocycles. The van der Waals surface area contributed by atoms with E-state index in [4.69, 9.17) is 0 Å². The Hall–Kier alpha value is -0.610. The first-order valence-corrected chi connectivity index (χ1v) is 6.32. The van der Waals surface area contributed by atoms with Crippen molar-refractivity contribution in [3.63, 3.8) is 0 Å². The molecule has 2 unspecified atom stereocenters. The van der Waals surface area contributed by atoms with Gasteiger partial charge in [0.05, 0.1) is 0 Å². The third-order valence-electron chi connectivity index (χ3n) is 3.78. The quantitative estimate of drug-likeness (QED) is 0.750. The van der Waals surface area contributed by atoms with Crippen molar-refractivity contribution in [3.8, 4) is 0 Å². The fraction of sp³-hybridized carbons (Fsp3) is 0.917. The first kappa shape index (κ1) is 11.9. The largest absolute Gasteiger partial charge is 0.336 e. The van der Waals surface area contributed by atoms with Crippen LogP contribution in [0.1, 0.15) is 26.2 Å². The van der Waals surface area contributed by atoms with Gasteiger partial charge >= 0.3 is 0 Å². The lowest BCUT2D eigenvalue weighted by molar-refractivity contribution is -0.137. The second-order valence-electron chi connectivity index (χ2n) is 5.17. The van der Waals surface area contributed by atoms with Crippen molar-refractivity contribution in [3.05, 3.63) is 0 Å². The number of carbonyl (C=O) groups excluding carboxylic acids is 1. The molecule has 4 nitrogen and oxygen atoms in total. The molecular weight excluding hydrogens is 202 g/mol. The number of likely N-dealkylation sites (N-methyl/N-ethyl adjacent to an activating group) is 2. The summed E-state index contributed by atoms with van der Waals surface area (Å²) >= 11 is 0. The third-order valence-corrected chi connectivity index (χ3v) is 3.78. The molecule has 0 spiro atoms. The molecule has 16 heavy (non-hydrogen) atoms. The molecule has 2 aliphatic rings. The highest BCUT2D eigenvalue weighted by Crippen LogP contribution is 2.31. The molecule has 1 saturated heterocycles. The Balaban J connectivity index is 2.14. The van der Waals surface area contributed by atoms with Crippen LogP contribution in [0.25, 0.3) is 0 Å². The summed E-state index contributed by atoms with van der Waals surface area (Å²) in [6.45, 7) is 3.96. The fourth-order valence-corrected chi connectivity index (χ4v) is 2.59. The summed E-state index contributed by atoms with van der Waals surface area (Å²) in [6, 6.07) is 0.966. The van der Waals surface area contributed by atoms with E-state index in [0.29, 0.717) is 18.0 Å². The molecule has 0 bridgehead atoms. The van der Waals surface area contributed by atoms with Crippen LogP contribution >= 0.6 is 0 Å². The van der Waals surface area contributed by atoms with Crippen LogP contribution in [0.4, 0.5) is 0 Å². The molecule has 4 heteroatoms. The summed E-state index contributed by atoms with van der Waals surface area (Å²) < 4.78 is 0. The lowest BCUT2D eigenvalue weighted by Gasteiger charge is -2.30. The number of nitrogens with zero attached hydrogens (tertiary/aromatic N) is 2. The van der Waals surface area contributed by atoms with E-state index in [2.05, 4.69) is 29.1 Å². The molecule has 1 aliphatic carbocycles. The van der Waals surface area contributed by atoms with Crippen LogP contribution < -0.4 is 5.32 Å². The predicted octanol–water partition coefficient (Wildman–Crippen LogP) is 0.289. The van der Waals surface area contributed by atoms with Crippen LogP contribution in [-0.2, 0) is 4.79 Å². The highest BCUT2D eigenvalue weighted by Gasteiger charge is 2.41. The Bertz CT molecular complexity index is 265. The van der Waals surface area contributed by atoms with Crippen LogP contribution in [0.5, 0.6) is 0 Å². The van der Waals surface area contributed by atoms with Gasteiger partial charge in [-0.05, 0) is 40.3 Å². The Morgan fingerprint density at radius 2 is 2.06 bits per heavy atom. The zero-order valence-corrected chi connectivity index (χ0v) is 10.6. The monoisotopic (exact) mass is 225 g/mol. The number of hydrogen-bond donors (Lipinski definition) is 1. The van der Waals surface area contributed by atoms with Gasteiger partial charge in [-0.1, -0.05) is 0 Å². The Morgan fingerprint density at radius 3 is 2.62 bits per heavy atom. The lowest BCUT2D eigenvalue weighted by Crippen LogP contribution is -2.51. The molecule has 2 rings (SSSR count). The van der Waals surface area contributed by atoms with E-state index in [1.165, 1.54) is 12.8 Å². The summed E-state index contributed by atoms with van der Waals surface area (Å²) in [5, 5.41) is 3.13. The second kappa shape index (κ2) is 4.72. The van der Waals surface area contributed by atoms with E-state index < -0.39 is 0 Å². The Morgan fingerprint density at radius 1 is 1.38 bits per heavy atom. The number of rotatable bonds is 3. The molecule has 1 heterocycles. The molecular formula is C12H23N3O. The van der Waals surface area contributed by atoms with E-state index in [1.54, 1.807) is 0 Å². The van der Waals surface area contributed by atoms with E-state index in [0.717, 1.165) is 19.5 Å². The standard InChI is InChI=1S/C12H23N3O/c1-9-6-7-14(3)11(8-13-2)12(16)15(9)10-4-5-10/h9-11,13H,4-8H2,1-3H3. The van der Waals surface area contributed by atoms with Crippen molar-refractivity contribution in [2.75, 3.05) is 27.2 Å². The van der Waals surface area contributed by atoms with Crippen LogP contribution in [0.2, 0.25) is 0 Å². The molecule has 1 amide bonds. The number of carbonyl (C=O) groups is 1. The normalized spacial score (nSPS) is 32.9. The van der Waals surface area contributed by atoms with Crippen LogP contribution in [0.3, 0.4) is 0 Å². The second-order valence-corrected chi connectivity index (χ2v) is 5.17.